The molecule has 4 rings (SSSR count). The third kappa shape index (κ3) is 12.9. The van der Waals surface area contributed by atoms with Crippen molar-refractivity contribution in [2.24, 2.45) is 0 Å². The predicted octanol–water partition coefficient (Wildman–Crippen LogP) is 10.4. The van der Waals surface area contributed by atoms with Crippen LogP contribution in [0.25, 0.3) is 0 Å². The Bertz CT molecular complexity index is 1420. The maximum Gasteiger partial charge on any atom is 0.296 e. The number of rotatable bonds is 18. The van der Waals surface area contributed by atoms with E-state index in [1.165, 1.54) is 71.6 Å². The van der Waals surface area contributed by atoms with E-state index >= 15 is 0 Å². The molecule has 0 radical (unpaired) electrons. The molecule has 0 amide bonds. The highest BCUT2D eigenvalue weighted by molar-refractivity contribution is 7.97. The van der Waals surface area contributed by atoms with E-state index < -0.39 is 10.1 Å². The smallest absolute Gasteiger partial charge is 0.296 e. The second-order valence-corrected chi connectivity index (χ2v) is 14.9. The van der Waals surface area contributed by atoms with Crippen LogP contribution < -0.4 is 9.47 Å². The van der Waals surface area contributed by atoms with Crippen molar-refractivity contribution in [2.45, 2.75) is 97.6 Å². The lowest BCUT2D eigenvalue weighted by Crippen LogP contribution is -2.07. The molecule has 248 valence electrons. The van der Waals surface area contributed by atoms with Gasteiger partial charge in [0, 0.05) is 0 Å². The van der Waals surface area contributed by atoms with Crippen LogP contribution in [0.2, 0.25) is 0 Å². The van der Waals surface area contributed by atoms with Crippen LogP contribution in [-0.4, -0.2) is 29.2 Å². The van der Waals surface area contributed by atoms with E-state index in [0.29, 0.717) is 0 Å². The van der Waals surface area contributed by atoms with Gasteiger partial charge in [-0.15, -0.1) is 0 Å². The largest absolute Gasteiger partial charge is 0.497 e. The summed E-state index contributed by atoms with van der Waals surface area (Å²) in [5.41, 5.74) is 1.27. The summed E-state index contributed by atoms with van der Waals surface area (Å²) in [6, 6.07) is 33.8. The zero-order valence-corrected chi connectivity index (χ0v) is 29.6. The molecular formula is C39H51O5S2+. The molecule has 0 atom stereocenters. The first-order valence-corrected chi connectivity index (χ1v) is 19.0. The molecule has 0 saturated heterocycles. The molecule has 0 aliphatic heterocycles. The summed E-state index contributed by atoms with van der Waals surface area (Å²) >= 11 is 0. The number of aryl methyl sites for hydroxylation is 1. The zero-order valence-electron chi connectivity index (χ0n) is 28.0. The Kier molecular flexibility index (Phi) is 16.8. The van der Waals surface area contributed by atoms with Crippen LogP contribution in [0.3, 0.4) is 0 Å². The van der Waals surface area contributed by atoms with E-state index in [-0.39, 0.29) is 22.4 Å². The van der Waals surface area contributed by atoms with Gasteiger partial charge >= 0.3 is 0 Å². The highest BCUT2D eigenvalue weighted by Crippen LogP contribution is 2.33. The Morgan fingerprint density at radius 1 is 0.543 bits per heavy atom. The van der Waals surface area contributed by atoms with Crippen molar-refractivity contribution in [2.75, 3.05) is 20.8 Å². The number of ether oxygens (including phenoxy) is 2. The van der Waals surface area contributed by atoms with Crippen molar-refractivity contribution < 1.29 is 22.1 Å². The van der Waals surface area contributed by atoms with Gasteiger partial charge in [0.05, 0.1) is 36.6 Å². The van der Waals surface area contributed by atoms with Gasteiger partial charge < -0.3 is 9.47 Å². The van der Waals surface area contributed by atoms with Crippen LogP contribution in [0.4, 0.5) is 0 Å². The lowest BCUT2D eigenvalue weighted by atomic mass is 10.1. The molecule has 0 fully saturated rings. The van der Waals surface area contributed by atoms with E-state index in [9.17, 15) is 8.42 Å². The fourth-order valence-corrected chi connectivity index (χ4v) is 7.92. The molecule has 7 heteroatoms. The minimum atomic E-state index is -3.57. The quantitative estimate of drug-likeness (QED) is 0.0602. The first-order chi connectivity index (χ1) is 22.4. The average molecular weight is 664 g/mol. The summed E-state index contributed by atoms with van der Waals surface area (Å²) in [6.07, 6.45) is 12.3. The number of benzene rings is 4. The molecule has 0 unspecified atom stereocenters. The van der Waals surface area contributed by atoms with Crippen LogP contribution in [-0.2, 0) is 25.2 Å². The lowest BCUT2D eigenvalue weighted by molar-refractivity contribution is 0.306. The molecule has 4 aromatic rings. The predicted molar refractivity (Wildman–Crippen MR) is 191 cm³/mol. The molecule has 0 aliphatic rings. The monoisotopic (exact) mass is 663 g/mol. The normalized spacial score (nSPS) is 11.2. The van der Waals surface area contributed by atoms with E-state index in [0.717, 1.165) is 24.3 Å². The van der Waals surface area contributed by atoms with Crippen LogP contribution in [0.15, 0.2) is 123 Å². The van der Waals surface area contributed by atoms with Crippen molar-refractivity contribution in [3.63, 3.8) is 0 Å². The van der Waals surface area contributed by atoms with Crippen molar-refractivity contribution in [1.82, 2.24) is 0 Å². The van der Waals surface area contributed by atoms with E-state index in [4.69, 9.17) is 13.7 Å². The standard InChI is InChI=1S/C21H21O2S.C18H30O3S/c1-16-4-10-19(11-5-16)24(20-12-6-17(22-2)7-13-20)21-14-8-18(23-3)9-15-21;1-2-3-4-5-6-7-8-9-10-14-17-21-22(19,20)18-15-12-11-13-16-18/h4-15H,1-3H3;11-13,15-16H,2-10,14,17H2,1H3/q+1;. The molecule has 46 heavy (non-hydrogen) atoms. The van der Waals surface area contributed by atoms with Crippen LogP contribution in [0.5, 0.6) is 11.5 Å². The minimum absolute atomic E-state index is 0.155. The summed E-state index contributed by atoms with van der Waals surface area (Å²) < 4.78 is 39.4. The average Bonchev–Trinajstić information content (AvgIpc) is 3.09. The maximum atomic E-state index is 11.9. The van der Waals surface area contributed by atoms with Crippen LogP contribution in [0, 0.1) is 6.92 Å². The Morgan fingerprint density at radius 3 is 1.39 bits per heavy atom. The van der Waals surface area contributed by atoms with Crippen LogP contribution in [0.1, 0.15) is 76.7 Å². The summed E-state index contributed by atoms with van der Waals surface area (Å²) in [4.78, 5) is 4.08. The van der Waals surface area contributed by atoms with Gasteiger partial charge in [-0.05, 0) is 86.1 Å². The zero-order chi connectivity index (χ0) is 33.0. The number of unbranched alkanes of at least 4 members (excludes halogenated alkanes) is 9. The highest BCUT2D eigenvalue weighted by atomic mass is 32.2. The summed E-state index contributed by atoms with van der Waals surface area (Å²) in [6.45, 7) is 4.64. The van der Waals surface area contributed by atoms with E-state index in [1.807, 2.05) is 24.3 Å². The van der Waals surface area contributed by atoms with Crippen molar-refractivity contribution in [3.05, 3.63) is 109 Å². The molecule has 5 nitrogen and oxygen atoms in total. The van der Waals surface area contributed by atoms with Crippen molar-refractivity contribution in [1.29, 1.82) is 0 Å². The molecule has 0 aromatic heterocycles. The minimum Gasteiger partial charge on any atom is -0.497 e. The SMILES string of the molecule is CCCCCCCCCCCCOS(=O)(=O)c1ccccc1.COc1ccc([S+](c2ccc(C)cc2)c2ccc(OC)cc2)cc1. The molecule has 0 aliphatic carbocycles. The first-order valence-electron chi connectivity index (χ1n) is 16.4. The van der Waals surface area contributed by atoms with E-state index in [2.05, 4.69) is 62.4 Å². The Balaban J connectivity index is 0.000000252. The fourth-order valence-electron chi connectivity index (χ4n) is 4.92. The summed E-state index contributed by atoms with van der Waals surface area (Å²) in [5.74, 6) is 1.75. The molecule has 0 saturated carbocycles. The molecule has 0 spiro atoms. The van der Waals surface area contributed by atoms with Gasteiger partial charge in [0.15, 0.2) is 14.7 Å². The first kappa shape index (κ1) is 37.2. The van der Waals surface area contributed by atoms with Crippen LogP contribution >= 0.6 is 0 Å². The van der Waals surface area contributed by atoms with Gasteiger partial charge in [-0.25, -0.2) is 0 Å². The number of hydrogen-bond donors (Lipinski definition) is 0. The number of methoxy groups -OCH3 is 2. The van der Waals surface area contributed by atoms with E-state index in [1.54, 1.807) is 44.6 Å². The molecular weight excluding hydrogens is 613 g/mol. The van der Waals surface area contributed by atoms with Gasteiger partial charge in [-0.2, -0.15) is 8.42 Å². The Labute approximate surface area is 280 Å². The van der Waals surface area contributed by atoms with Gasteiger partial charge in [-0.3, -0.25) is 4.18 Å². The highest BCUT2D eigenvalue weighted by Gasteiger charge is 2.28. The molecule has 0 N–H and O–H groups in total. The maximum absolute atomic E-state index is 11.9. The molecule has 4 aromatic carbocycles. The van der Waals surface area contributed by atoms with Gasteiger partial charge in [0.1, 0.15) is 11.5 Å². The molecule has 0 bridgehead atoms. The molecule has 0 heterocycles. The van der Waals surface area contributed by atoms with Crippen molar-refractivity contribution in [3.8, 4) is 11.5 Å². The Hall–Kier alpha value is -3.26. The van der Waals surface area contributed by atoms with Gasteiger partial charge in [-0.1, -0.05) is 101 Å². The lowest BCUT2D eigenvalue weighted by Gasteiger charge is -2.09. The second kappa shape index (κ2) is 20.8. The van der Waals surface area contributed by atoms with Crippen molar-refractivity contribution >= 4 is 21.0 Å². The second-order valence-electron chi connectivity index (χ2n) is 11.2. The summed E-state index contributed by atoms with van der Waals surface area (Å²) in [7, 11) is -0.340. The van der Waals surface area contributed by atoms with Gasteiger partial charge in [0.2, 0.25) is 0 Å². The third-order valence-corrected chi connectivity index (χ3v) is 11.2. The Morgan fingerprint density at radius 2 is 0.957 bits per heavy atom. The number of hydrogen-bond acceptors (Lipinski definition) is 5. The third-order valence-electron chi connectivity index (χ3n) is 7.62. The topological polar surface area (TPSA) is 61.8 Å². The fraction of sp³-hybridized carbons (Fsp3) is 0.385. The van der Waals surface area contributed by atoms with Gasteiger partial charge in [0.25, 0.3) is 10.1 Å². The summed E-state index contributed by atoms with van der Waals surface area (Å²) in [5, 5.41) is 0.